The summed E-state index contributed by atoms with van der Waals surface area (Å²) in [5.74, 6) is 0. The summed E-state index contributed by atoms with van der Waals surface area (Å²) in [7, 11) is -1.40. The number of H-pyrrole nitrogens is 1. The van der Waals surface area contributed by atoms with Crippen molar-refractivity contribution in [2.75, 3.05) is 20.1 Å². The van der Waals surface area contributed by atoms with Gasteiger partial charge in [0.05, 0.1) is 4.90 Å². The van der Waals surface area contributed by atoms with E-state index in [0.29, 0.717) is 24.8 Å². The lowest BCUT2D eigenvalue weighted by atomic mass is 10.2. The zero-order valence-electron chi connectivity index (χ0n) is 10.5. The van der Waals surface area contributed by atoms with Gasteiger partial charge in [0.15, 0.2) is 0 Å². The lowest BCUT2D eigenvalue weighted by Gasteiger charge is -2.19. The Balaban J connectivity index is 1.98. The maximum atomic E-state index is 12.0. The molecule has 1 aliphatic rings. The molecule has 0 aliphatic carbocycles. The van der Waals surface area contributed by atoms with Crippen LogP contribution in [0, 0.1) is 0 Å². The van der Waals surface area contributed by atoms with E-state index in [1.807, 2.05) is 7.05 Å². The topological polar surface area (TPSA) is 91.2 Å². The van der Waals surface area contributed by atoms with E-state index in [1.165, 1.54) is 6.20 Å². The Labute approximate surface area is 108 Å². The molecule has 0 amide bonds. The molecule has 6 nitrogen and oxygen atoms in total. The number of nitrogens with one attached hydrogen (secondary N) is 2. The maximum Gasteiger partial charge on any atom is 0.242 e. The minimum Gasteiger partial charge on any atom is -0.363 e. The van der Waals surface area contributed by atoms with E-state index < -0.39 is 10.0 Å². The summed E-state index contributed by atoms with van der Waals surface area (Å²) >= 11 is 0. The van der Waals surface area contributed by atoms with Crippen molar-refractivity contribution in [3.63, 3.8) is 0 Å². The van der Waals surface area contributed by atoms with Gasteiger partial charge in [-0.1, -0.05) is 0 Å². The molecule has 0 bridgehead atoms. The molecule has 1 saturated heterocycles. The quantitative estimate of drug-likeness (QED) is 0.695. The van der Waals surface area contributed by atoms with Crippen LogP contribution in [-0.4, -0.2) is 44.5 Å². The highest BCUT2D eigenvalue weighted by atomic mass is 32.2. The first kappa shape index (κ1) is 13.5. The molecule has 1 aromatic rings. The number of sulfonamides is 1. The van der Waals surface area contributed by atoms with Crippen molar-refractivity contribution in [3.05, 3.63) is 18.0 Å². The number of nitrogens with two attached hydrogens (primary N) is 1. The molecule has 0 aromatic carbocycles. The lowest BCUT2D eigenvalue weighted by molar-refractivity contribution is 0.311. The number of likely N-dealkylation sites (N-methyl/N-ethyl adjacent to an activating group) is 1. The van der Waals surface area contributed by atoms with Gasteiger partial charge in [0.1, 0.15) is 0 Å². The summed E-state index contributed by atoms with van der Waals surface area (Å²) < 4.78 is 26.7. The van der Waals surface area contributed by atoms with Gasteiger partial charge in [-0.25, -0.2) is 13.1 Å². The Bertz CT molecular complexity index is 497. The molecular weight excluding hydrogens is 252 g/mol. The highest BCUT2D eigenvalue weighted by Crippen LogP contribution is 2.15. The van der Waals surface area contributed by atoms with Gasteiger partial charge in [0.2, 0.25) is 10.0 Å². The van der Waals surface area contributed by atoms with Crippen LogP contribution in [0.2, 0.25) is 0 Å². The van der Waals surface area contributed by atoms with Crippen LogP contribution >= 0.6 is 0 Å². The third-order valence-electron chi connectivity index (χ3n) is 3.43. The smallest absolute Gasteiger partial charge is 0.242 e. The van der Waals surface area contributed by atoms with E-state index in [0.717, 1.165) is 19.4 Å². The second-order valence-corrected chi connectivity index (χ2v) is 6.46. The van der Waals surface area contributed by atoms with Crippen LogP contribution in [0.25, 0.3) is 0 Å². The molecule has 2 heterocycles. The van der Waals surface area contributed by atoms with Gasteiger partial charge in [0.25, 0.3) is 0 Å². The van der Waals surface area contributed by atoms with Gasteiger partial charge in [-0.05, 0) is 32.5 Å². The highest BCUT2D eigenvalue weighted by Gasteiger charge is 2.23. The summed E-state index contributed by atoms with van der Waals surface area (Å²) in [6.07, 6.45) is 3.65. The Morgan fingerprint density at radius 2 is 2.39 bits per heavy atom. The van der Waals surface area contributed by atoms with E-state index in [1.54, 1.807) is 6.07 Å². The number of rotatable bonds is 5. The average Bonchev–Trinajstić information content (AvgIpc) is 2.95. The van der Waals surface area contributed by atoms with Gasteiger partial charge in [0, 0.05) is 31.0 Å². The lowest BCUT2D eigenvalue weighted by Crippen LogP contribution is -2.38. The molecule has 1 aromatic heterocycles. The van der Waals surface area contributed by atoms with E-state index >= 15 is 0 Å². The Hall–Kier alpha value is -0.890. The number of aromatic nitrogens is 1. The van der Waals surface area contributed by atoms with Crippen LogP contribution in [0.3, 0.4) is 0 Å². The monoisotopic (exact) mass is 272 g/mol. The fourth-order valence-electron chi connectivity index (χ4n) is 2.22. The molecule has 1 unspecified atom stereocenters. The van der Waals surface area contributed by atoms with Gasteiger partial charge < -0.3 is 15.6 Å². The van der Waals surface area contributed by atoms with Crippen LogP contribution in [-0.2, 0) is 16.6 Å². The second-order valence-electron chi connectivity index (χ2n) is 4.69. The van der Waals surface area contributed by atoms with E-state index in [9.17, 15) is 8.42 Å². The van der Waals surface area contributed by atoms with Gasteiger partial charge in [-0.2, -0.15) is 0 Å². The standard InChI is InChI=1S/C11H20N4O2S/c1-15-4-2-3-10(15)7-14-18(16,17)11-5-9(6-12)13-8-11/h5,8,10,13-14H,2-4,6-7,12H2,1H3. The molecule has 0 radical (unpaired) electrons. The van der Waals surface area contributed by atoms with Crippen molar-refractivity contribution in [1.82, 2.24) is 14.6 Å². The van der Waals surface area contributed by atoms with E-state index in [2.05, 4.69) is 14.6 Å². The van der Waals surface area contributed by atoms with Crippen molar-refractivity contribution < 1.29 is 8.42 Å². The van der Waals surface area contributed by atoms with Gasteiger partial charge in [-0.3, -0.25) is 0 Å². The predicted octanol–water partition coefficient (Wildman–Crippen LogP) is -0.154. The van der Waals surface area contributed by atoms with Crippen LogP contribution in [0.5, 0.6) is 0 Å². The average molecular weight is 272 g/mol. The third-order valence-corrected chi connectivity index (χ3v) is 4.83. The Morgan fingerprint density at radius 3 is 2.94 bits per heavy atom. The first-order valence-corrected chi connectivity index (χ1v) is 7.58. The summed E-state index contributed by atoms with van der Waals surface area (Å²) in [5.41, 5.74) is 6.16. The van der Waals surface area contributed by atoms with Crippen molar-refractivity contribution in [1.29, 1.82) is 0 Å². The molecule has 7 heteroatoms. The summed E-state index contributed by atoms with van der Waals surface area (Å²) in [6.45, 7) is 1.80. The molecule has 102 valence electrons. The highest BCUT2D eigenvalue weighted by molar-refractivity contribution is 7.89. The molecule has 1 aliphatic heterocycles. The maximum absolute atomic E-state index is 12.0. The number of aromatic amines is 1. The fourth-order valence-corrected chi connectivity index (χ4v) is 3.31. The van der Waals surface area contributed by atoms with Crippen LogP contribution in [0.4, 0.5) is 0 Å². The fraction of sp³-hybridized carbons (Fsp3) is 0.636. The van der Waals surface area contributed by atoms with Crippen LogP contribution < -0.4 is 10.5 Å². The number of likely N-dealkylation sites (tertiary alicyclic amines) is 1. The molecular formula is C11H20N4O2S. The molecule has 0 saturated carbocycles. The molecule has 2 rings (SSSR count). The van der Waals surface area contributed by atoms with E-state index in [4.69, 9.17) is 5.73 Å². The van der Waals surface area contributed by atoms with Crippen LogP contribution in [0.1, 0.15) is 18.5 Å². The van der Waals surface area contributed by atoms with Gasteiger partial charge >= 0.3 is 0 Å². The summed E-state index contributed by atoms with van der Waals surface area (Å²) in [6, 6.07) is 1.87. The zero-order valence-corrected chi connectivity index (χ0v) is 11.3. The normalized spacial score (nSPS) is 21.6. The van der Waals surface area contributed by atoms with Crippen molar-refractivity contribution in [3.8, 4) is 0 Å². The second kappa shape index (κ2) is 5.40. The van der Waals surface area contributed by atoms with Crippen molar-refractivity contribution >= 4 is 10.0 Å². The third kappa shape index (κ3) is 2.92. The first-order valence-electron chi connectivity index (χ1n) is 6.10. The number of hydrogen-bond donors (Lipinski definition) is 3. The van der Waals surface area contributed by atoms with Crippen molar-refractivity contribution in [2.24, 2.45) is 5.73 Å². The Kier molecular flexibility index (Phi) is 4.06. The zero-order chi connectivity index (χ0) is 13.2. The summed E-state index contributed by atoms with van der Waals surface area (Å²) in [5, 5.41) is 0. The SMILES string of the molecule is CN1CCCC1CNS(=O)(=O)c1c[nH]c(CN)c1. The minimum absolute atomic E-state index is 0.253. The number of nitrogens with zero attached hydrogens (tertiary/aromatic N) is 1. The largest absolute Gasteiger partial charge is 0.363 e. The molecule has 18 heavy (non-hydrogen) atoms. The minimum atomic E-state index is -3.42. The Morgan fingerprint density at radius 1 is 1.61 bits per heavy atom. The number of hydrogen-bond acceptors (Lipinski definition) is 4. The predicted molar refractivity (Wildman–Crippen MR) is 69.5 cm³/mol. The molecule has 4 N–H and O–H groups in total. The van der Waals surface area contributed by atoms with Crippen molar-refractivity contribution in [2.45, 2.75) is 30.3 Å². The van der Waals surface area contributed by atoms with Gasteiger partial charge in [-0.15, -0.1) is 0 Å². The summed E-state index contributed by atoms with van der Waals surface area (Å²) in [4.78, 5) is 5.28. The van der Waals surface area contributed by atoms with E-state index in [-0.39, 0.29) is 4.90 Å². The molecule has 1 atom stereocenters. The molecule has 0 spiro atoms. The first-order chi connectivity index (χ1) is 8.53. The molecule has 1 fully saturated rings. The van der Waals surface area contributed by atoms with Crippen LogP contribution in [0.15, 0.2) is 17.2 Å².